The summed E-state index contributed by atoms with van der Waals surface area (Å²) in [6.45, 7) is 0. The fourth-order valence-corrected chi connectivity index (χ4v) is 5.18. The molecule has 0 amide bonds. The Hall–Kier alpha value is -0.230. The molecular formula is C11H22O8S3. The monoisotopic (exact) mass is 378 g/mol. The van der Waals surface area contributed by atoms with E-state index < -0.39 is 43.1 Å². The molecule has 11 heteroatoms. The molecule has 1 aliphatic rings. The molecule has 1 saturated carbocycles. The van der Waals surface area contributed by atoms with Crippen molar-refractivity contribution in [3.8, 4) is 0 Å². The normalized spacial score (nSPS) is 17.9. The van der Waals surface area contributed by atoms with E-state index in [1.807, 2.05) is 0 Å². The van der Waals surface area contributed by atoms with Crippen LogP contribution in [0.5, 0.6) is 0 Å². The maximum atomic E-state index is 11.6. The molecule has 0 aromatic heterocycles. The molecule has 0 aromatic carbocycles. The fraction of sp³-hybridized carbons (Fsp3) is 1.00. The Labute approximate surface area is 133 Å². The van der Waals surface area contributed by atoms with Crippen LogP contribution in [0.15, 0.2) is 0 Å². The van der Waals surface area contributed by atoms with Crippen molar-refractivity contribution < 1.29 is 33.1 Å². The van der Waals surface area contributed by atoms with E-state index in [1.165, 1.54) is 0 Å². The van der Waals surface area contributed by atoms with Crippen LogP contribution in [0.2, 0.25) is 0 Å². The Balaban J connectivity index is 2.37. The van der Waals surface area contributed by atoms with Crippen molar-refractivity contribution >= 4 is 31.2 Å². The first-order valence-corrected chi connectivity index (χ1v) is 11.5. The van der Waals surface area contributed by atoms with E-state index in [2.05, 4.69) is 3.63 Å². The fourth-order valence-electron chi connectivity index (χ4n) is 2.20. The lowest BCUT2D eigenvalue weighted by atomic mass is 9.98. The van der Waals surface area contributed by atoms with Gasteiger partial charge in [0.05, 0.1) is 11.9 Å². The van der Waals surface area contributed by atoms with Crippen LogP contribution in [-0.4, -0.2) is 42.9 Å². The third kappa shape index (κ3) is 9.03. The Morgan fingerprint density at radius 1 is 0.909 bits per heavy atom. The van der Waals surface area contributed by atoms with E-state index in [0.29, 0.717) is 25.7 Å². The predicted molar refractivity (Wildman–Crippen MR) is 80.8 cm³/mol. The van der Waals surface area contributed by atoms with Crippen molar-refractivity contribution in [1.82, 2.24) is 0 Å². The first-order chi connectivity index (χ1) is 10.2. The zero-order valence-corrected chi connectivity index (χ0v) is 14.7. The summed E-state index contributed by atoms with van der Waals surface area (Å²) >= 11 is 0. The van der Waals surface area contributed by atoms with Crippen molar-refractivity contribution in [2.45, 2.75) is 57.5 Å². The maximum Gasteiger partial charge on any atom is 0.414 e. The zero-order chi connectivity index (χ0) is 16.6. The number of hydrogen-bond acceptors (Lipinski definition) is 8. The topological polar surface area (TPSA) is 121 Å². The quantitative estimate of drug-likeness (QED) is 0.436. The summed E-state index contributed by atoms with van der Waals surface area (Å²) in [4.78, 5) is 0. The molecule has 22 heavy (non-hydrogen) atoms. The Morgan fingerprint density at radius 3 is 2.14 bits per heavy atom. The van der Waals surface area contributed by atoms with Gasteiger partial charge in [0.2, 0.25) is 0 Å². The Morgan fingerprint density at radius 2 is 1.55 bits per heavy atom. The third-order valence-corrected chi connectivity index (χ3v) is 6.70. The lowest BCUT2D eigenvalue weighted by Gasteiger charge is -2.20. The van der Waals surface area contributed by atoms with Gasteiger partial charge in [-0.05, 0) is 25.7 Å². The van der Waals surface area contributed by atoms with E-state index in [4.69, 9.17) is 4.18 Å². The van der Waals surface area contributed by atoms with Gasteiger partial charge in [0.25, 0.3) is 10.1 Å². The Kier molecular flexibility index (Phi) is 8.25. The molecule has 0 radical (unpaired) electrons. The van der Waals surface area contributed by atoms with Crippen molar-refractivity contribution in [2.24, 2.45) is 0 Å². The highest BCUT2D eigenvalue weighted by Gasteiger charge is 2.28. The van der Waals surface area contributed by atoms with Crippen LogP contribution in [-0.2, 0) is 39.0 Å². The average Bonchev–Trinajstić information content (AvgIpc) is 2.36. The summed E-state index contributed by atoms with van der Waals surface area (Å²) in [6, 6.07) is 0. The number of rotatable bonds is 10. The van der Waals surface area contributed by atoms with Crippen molar-refractivity contribution in [1.29, 1.82) is 0 Å². The molecule has 1 fully saturated rings. The van der Waals surface area contributed by atoms with Gasteiger partial charge < -0.3 is 0 Å². The highest BCUT2D eigenvalue weighted by molar-refractivity contribution is 7.97. The summed E-state index contributed by atoms with van der Waals surface area (Å²) in [5.41, 5.74) is 0. The van der Waals surface area contributed by atoms with Crippen LogP contribution in [0, 0.1) is 0 Å². The van der Waals surface area contributed by atoms with Gasteiger partial charge in [-0.2, -0.15) is 16.8 Å². The van der Waals surface area contributed by atoms with Gasteiger partial charge in [0.15, 0.2) is 0 Å². The van der Waals surface area contributed by atoms with Crippen LogP contribution < -0.4 is 0 Å². The first kappa shape index (κ1) is 19.8. The highest BCUT2D eigenvalue weighted by Crippen LogP contribution is 2.23. The second-order valence-electron chi connectivity index (χ2n) is 5.21. The first-order valence-electron chi connectivity index (χ1n) is 7.19. The number of thiol groups is 1. The summed E-state index contributed by atoms with van der Waals surface area (Å²) in [6.07, 6.45) is 4.12. The smallest absolute Gasteiger partial charge is 0.244 e. The van der Waals surface area contributed by atoms with Gasteiger partial charge in [-0.1, -0.05) is 25.7 Å². The van der Waals surface area contributed by atoms with Gasteiger partial charge >= 0.3 is 10.4 Å². The molecular weight excluding hydrogens is 356 g/mol. The lowest BCUT2D eigenvalue weighted by molar-refractivity contribution is 0.145. The molecule has 1 rings (SSSR count). The van der Waals surface area contributed by atoms with Crippen molar-refractivity contribution in [2.75, 3.05) is 11.5 Å². The zero-order valence-electron chi connectivity index (χ0n) is 12.2. The van der Waals surface area contributed by atoms with Gasteiger partial charge in [-0.25, -0.2) is 12.6 Å². The molecule has 0 heterocycles. The lowest BCUT2D eigenvalue weighted by Crippen LogP contribution is -2.25. The molecule has 0 unspecified atom stereocenters. The third-order valence-electron chi connectivity index (χ3n) is 3.23. The summed E-state index contributed by atoms with van der Waals surface area (Å²) in [7, 11) is -11.3. The van der Waals surface area contributed by atoms with Crippen molar-refractivity contribution in [3.63, 3.8) is 0 Å². The number of unbranched alkanes of at least 4 members (excludes halogenated alkanes) is 2. The van der Waals surface area contributed by atoms with Gasteiger partial charge in [-0.3, -0.25) is 0 Å². The van der Waals surface area contributed by atoms with Gasteiger partial charge in [0, 0.05) is 5.75 Å². The molecule has 1 aliphatic carbocycles. The van der Waals surface area contributed by atoms with Gasteiger partial charge in [0.1, 0.15) is 10.7 Å². The van der Waals surface area contributed by atoms with E-state index in [-0.39, 0.29) is 12.2 Å². The summed E-state index contributed by atoms with van der Waals surface area (Å²) in [5, 5.41) is 0. The van der Waals surface area contributed by atoms with Crippen LogP contribution in [0.1, 0.15) is 51.4 Å². The molecule has 0 saturated heterocycles. The SMILES string of the molecule is O=[SH](=O)CCCCCS(=O)(=O)OS(=O)(=O)OC1CCCCC1. The molecule has 0 aliphatic heterocycles. The second-order valence-corrected chi connectivity index (χ2v) is 9.40. The van der Waals surface area contributed by atoms with E-state index in [9.17, 15) is 25.3 Å². The minimum absolute atomic E-state index is 0.0146. The molecule has 0 bridgehead atoms. The van der Waals surface area contributed by atoms with E-state index >= 15 is 0 Å². The molecule has 0 aromatic rings. The minimum Gasteiger partial charge on any atom is -0.244 e. The molecule has 0 atom stereocenters. The van der Waals surface area contributed by atoms with E-state index in [0.717, 1.165) is 19.3 Å². The van der Waals surface area contributed by atoms with Crippen LogP contribution in [0.4, 0.5) is 0 Å². The second kappa shape index (κ2) is 9.16. The molecule has 8 nitrogen and oxygen atoms in total. The molecule has 132 valence electrons. The number of hydrogen-bond donors (Lipinski definition) is 1. The summed E-state index contributed by atoms with van der Waals surface area (Å²) < 4.78 is 75.9. The van der Waals surface area contributed by atoms with Crippen LogP contribution >= 0.6 is 0 Å². The predicted octanol–water partition coefficient (Wildman–Crippen LogP) is 0.709. The van der Waals surface area contributed by atoms with Crippen LogP contribution in [0.25, 0.3) is 0 Å². The van der Waals surface area contributed by atoms with Crippen molar-refractivity contribution in [3.05, 3.63) is 0 Å². The molecule has 0 spiro atoms. The van der Waals surface area contributed by atoms with Crippen LogP contribution in [0.3, 0.4) is 0 Å². The molecule has 0 N–H and O–H groups in total. The standard InChI is InChI=1S/C11H22O8S3/c12-20(13)9-5-2-6-10-21(14,15)19-22(16,17)18-11-7-3-1-4-8-11/h11,20H,1-10H2. The maximum absolute atomic E-state index is 11.6. The highest BCUT2D eigenvalue weighted by atomic mass is 32.3. The summed E-state index contributed by atoms with van der Waals surface area (Å²) in [5.74, 6) is -0.505. The van der Waals surface area contributed by atoms with E-state index in [1.54, 1.807) is 0 Å². The largest absolute Gasteiger partial charge is 0.414 e. The van der Waals surface area contributed by atoms with Gasteiger partial charge in [-0.15, -0.1) is 3.63 Å². The average molecular weight is 378 g/mol. The Bertz CT molecular complexity index is 591. The minimum atomic E-state index is -4.58.